The summed E-state index contributed by atoms with van der Waals surface area (Å²) in [5, 5.41) is 3.07. The predicted octanol–water partition coefficient (Wildman–Crippen LogP) is 0.933. The maximum atomic E-state index is 11.0. The minimum atomic E-state index is -0.881. The van der Waals surface area contributed by atoms with Crippen LogP contribution < -0.4 is 9.44 Å². The molecule has 11 heteroatoms. The highest BCUT2D eigenvalue weighted by Crippen LogP contribution is 1.91. The summed E-state index contributed by atoms with van der Waals surface area (Å²) < 4.78 is 12.6. The van der Waals surface area contributed by atoms with E-state index < -0.39 is 6.09 Å². The van der Waals surface area contributed by atoms with E-state index in [9.17, 15) is 9.59 Å². The number of nitrogens with one attached hydrogen (secondary N) is 2. The molecular weight excluding hydrogens is 288 g/mol. The van der Waals surface area contributed by atoms with Crippen molar-refractivity contribution in [3.05, 3.63) is 0 Å². The van der Waals surface area contributed by atoms with Gasteiger partial charge in [0.1, 0.15) is 12.1 Å². The number of carbonyl (C=O) groups excluding carboxylic acids is 2. The first-order valence-electron chi connectivity index (χ1n) is 3.95. The Morgan fingerprint density at radius 1 is 1.41 bits per heavy atom. The fourth-order valence-corrected chi connectivity index (χ4v) is 1.11. The van der Waals surface area contributed by atoms with Gasteiger partial charge < -0.3 is 4.55 Å². The van der Waals surface area contributed by atoms with Crippen molar-refractivity contribution >= 4 is 59.0 Å². The zero-order chi connectivity index (χ0) is 12.9. The number of aliphatic imine (C=N–C) groups is 1. The largest absolute Gasteiger partial charge is 0.444 e. The molecule has 0 aliphatic heterocycles. The predicted molar refractivity (Wildman–Crippen MR) is 70.9 cm³/mol. The molecule has 0 spiro atoms. The first-order valence-corrected chi connectivity index (χ1v) is 6.89. The van der Waals surface area contributed by atoms with Crippen LogP contribution in [0.3, 0.4) is 0 Å². The zero-order valence-electron chi connectivity index (χ0n) is 8.65. The number of thioether (sulfide) groups is 1. The smallest absolute Gasteiger partial charge is 0.325 e. The third kappa shape index (κ3) is 11.4. The Kier molecular flexibility index (Phi) is 11.0. The van der Waals surface area contributed by atoms with E-state index in [1.165, 1.54) is 17.3 Å². The summed E-state index contributed by atoms with van der Waals surface area (Å²) in [5.74, 6) is -0.366. The Hall–Kier alpha value is -0.910. The van der Waals surface area contributed by atoms with Crippen molar-refractivity contribution in [3.8, 4) is 0 Å². The summed E-state index contributed by atoms with van der Waals surface area (Å²) in [4.78, 5) is 29.8. The van der Waals surface area contributed by atoms with Gasteiger partial charge in [0.25, 0.3) is 5.91 Å². The Morgan fingerprint density at radius 3 is 2.82 bits per heavy atom. The summed E-state index contributed by atoms with van der Waals surface area (Å²) in [6.45, 7) is -0.0239. The summed E-state index contributed by atoms with van der Waals surface area (Å²) >= 11 is 2.31. The van der Waals surface area contributed by atoms with Crippen molar-refractivity contribution in [3.63, 3.8) is 0 Å². The fraction of sp³-hybridized carbons (Fsp3) is 0.333. The van der Waals surface area contributed by atoms with Crippen molar-refractivity contribution in [2.75, 3.05) is 12.8 Å². The molecule has 0 radical (unpaired) electrons. The molecule has 0 saturated carbocycles. The number of rotatable bonds is 7. The molecule has 0 saturated heterocycles. The minimum absolute atomic E-state index is 0.0239. The summed E-state index contributed by atoms with van der Waals surface area (Å²) in [5.41, 5.74) is 2.45. The highest BCUT2D eigenvalue weighted by Gasteiger charge is 2.03. The normalized spacial score (nSPS) is 10.7. The van der Waals surface area contributed by atoms with Crippen molar-refractivity contribution in [2.45, 2.75) is 0 Å². The Balaban J connectivity index is 3.55. The Morgan fingerprint density at radius 2 is 2.18 bits per heavy atom. The number of oxime groups is 1. The van der Waals surface area contributed by atoms with E-state index in [0.29, 0.717) is 24.2 Å². The molecule has 96 valence electrons. The lowest BCUT2D eigenvalue weighted by Gasteiger charge is -2.01. The van der Waals surface area contributed by atoms with Crippen LogP contribution in [0.15, 0.2) is 10.1 Å². The highest BCUT2D eigenvalue weighted by atomic mass is 32.2. The number of hydrogen-bond acceptors (Lipinski definition) is 9. The molecule has 0 fully saturated rings. The van der Waals surface area contributed by atoms with E-state index in [1.807, 2.05) is 6.26 Å². The molecule has 0 bridgehead atoms. The molecule has 0 aliphatic carbocycles. The lowest BCUT2D eigenvalue weighted by molar-refractivity contribution is -0.117. The van der Waals surface area contributed by atoms with Gasteiger partial charge >= 0.3 is 6.09 Å². The van der Waals surface area contributed by atoms with Crippen LogP contribution in [0.2, 0.25) is 0 Å². The molecule has 0 aromatic heterocycles. The monoisotopic (exact) mass is 298 g/mol. The minimum Gasteiger partial charge on any atom is -0.325 e. The van der Waals surface area contributed by atoms with E-state index >= 15 is 0 Å². The van der Waals surface area contributed by atoms with Crippen molar-refractivity contribution in [2.24, 2.45) is 10.1 Å². The lowest BCUT2D eigenvalue weighted by atomic mass is 10.6. The van der Waals surface area contributed by atoms with Gasteiger partial charge in [-0.3, -0.25) is 19.3 Å². The standard InChI is InChI=1S/C6H10N4O4S3/c1-15-3-7-2-5(11)9-17-10-6(12)14-8-4-16-13/h3-4,13H,2H2,1H3,(H,9,11)(H,10,12). The first kappa shape index (κ1) is 16.1. The second-order valence-electron chi connectivity index (χ2n) is 2.11. The van der Waals surface area contributed by atoms with Crippen LogP contribution in [0, 0.1) is 0 Å². The van der Waals surface area contributed by atoms with Crippen molar-refractivity contribution < 1.29 is 19.0 Å². The Bertz CT molecular complexity index is 271. The molecule has 0 aromatic carbocycles. The van der Waals surface area contributed by atoms with Crippen LogP contribution in [0.5, 0.6) is 0 Å². The molecule has 0 aliphatic rings. The quantitative estimate of drug-likeness (QED) is 0.160. The van der Waals surface area contributed by atoms with E-state index in [4.69, 9.17) is 4.55 Å². The average Bonchev–Trinajstić information content (AvgIpc) is 2.30. The van der Waals surface area contributed by atoms with Gasteiger partial charge in [-0.25, -0.2) is 9.52 Å². The molecule has 0 atom stereocenters. The molecule has 2 amide bonds. The molecule has 0 unspecified atom stereocenters. The van der Waals surface area contributed by atoms with Crippen LogP contribution in [0.25, 0.3) is 0 Å². The zero-order valence-corrected chi connectivity index (χ0v) is 11.1. The van der Waals surface area contributed by atoms with Gasteiger partial charge in [-0.15, -0.1) is 11.8 Å². The molecule has 0 heterocycles. The molecule has 3 N–H and O–H groups in total. The van der Waals surface area contributed by atoms with E-state index in [0.717, 1.165) is 5.55 Å². The van der Waals surface area contributed by atoms with Gasteiger partial charge in [0, 0.05) is 12.0 Å². The lowest BCUT2D eigenvalue weighted by Crippen LogP contribution is -2.26. The topological polar surface area (TPSA) is 112 Å². The number of nitrogens with zero attached hydrogens (tertiary/aromatic N) is 2. The SMILES string of the molecule is CSC=NCC(=O)NSNC(=O)ON=CSO. The molecular formula is C6H10N4O4S3. The molecule has 17 heavy (non-hydrogen) atoms. The first-order chi connectivity index (χ1) is 8.20. The highest BCUT2D eigenvalue weighted by molar-refractivity contribution is 8.11. The molecule has 0 rings (SSSR count). The maximum absolute atomic E-state index is 11.0. The number of hydrogen-bond donors (Lipinski definition) is 3. The van der Waals surface area contributed by atoms with Gasteiger partial charge in [-0.2, -0.15) is 0 Å². The van der Waals surface area contributed by atoms with E-state index in [1.54, 1.807) is 0 Å². The van der Waals surface area contributed by atoms with Gasteiger partial charge in [-0.1, -0.05) is 5.16 Å². The second-order valence-corrected chi connectivity index (χ2v) is 3.82. The van der Waals surface area contributed by atoms with Gasteiger partial charge in [0.2, 0.25) is 0 Å². The average molecular weight is 298 g/mol. The van der Waals surface area contributed by atoms with Gasteiger partial charge in [-0.05, 0) is 6.26 Å². The third-order valence-electron chi connectivity index (χ3n) is 0.940. The Labute approximate surface area is 110 Å². The van der Waals surface area contributed by atoms with E-state index in [2.05, 4.69) is 24.4 Å². The maximum Gasteiger partial charge on any atom is 0.444 e. The molecule has 0 aromatic rings. The van der Waals surface area contributed by atoms with E-state index in [-0.39, 0.29) is 12.5 Å². The van der Waals surface area contributed by atoms with Gasteiger partial charge in [0.05, 0.1) is 17.7 Å². The van der Waals surface area contributed by atoms with Crippen molar-refractivity contribution in [1.29, 1.82) is 0 Å². The second kappa shape index (κ2) is 11.6. The number of amides is 2. The van der Waals surface area contributed by atoms with Crippen LogP contribution in [-0.2, 0) is 9.63 Å². The van der Waals surface area contributed by atoms with Crippen molar-refractivity contribution in [1.82, 2.24) is 9.44 Å². The van der Waals surface area contributed by atoms with Crippen LogP contribution in [0.4, 0.5) is 4.79 Å². The number of carbonyl (C=O) groups is 2. The fourth-order valence-electron chi connectivity index (χ4n) is 0.458. The van der Waals surface area contributed by atoms with Crippen LogP contribution in [-0.4, -0.2) is 40.4 Å². The van der Waals surface area contributed by atoms with Crippen LogP contribution >= 0.6 is 35.9 Å². The van der Waals surface area contributed by atoms with Crippen LogP contribution in [0.1, 0.15) is 0 Å². The van der Waals surface area contributed by atoms with Gasteiger partial charge in [0.15, 0.2) is 0 Å². The third-order valence-corrected chi connectivity index (χ3v) is 2.08. The summed E-state index contributed by atoms with van der Waals surface area (Å²) in [6.07, 6.45) is 0.937. The summed E-state index contributed by atoms with van der Waals surface area (Å²) in [7, 11) is 0. The molecule has 8 nitrogen and oxygen atoms in total. The summed E-state index contributed by atoms with van der Waals surface area (Å²) in [6, 6.07) is 0.